The Bertz CT molecular complexity index is 1080. The van der Waals surface area contributed by atoms with Gasteiger partial charge >= 0.3 is 0 Å². The smallest absolute Gasteiger partial charge is 0.261 e. The Morgan fingerprint density at radius 3 is 2.63 bits per heavy atom. The van der Waals surface area contributed by atoms with Crippen LogP contribution in [0.25, 0.3) is 11.4 Å². The summed E-state index contributed by atoms with van der Waals surface area (Å²) in [4.78, 5) is 16.9. The van der Waals surface area contributed by atoms with Crippen molar-refractivity contribution in [3.8, 4) is 11.4 Å². The van der Waals surface area contributed by atoms with Crippen LogP contribution in [-0.4, -0.2) is 30.5 Å². The maximum absolute atomic E-state index is 12.1. The second-order valence-electron chi connectivity index (χ2n) is 5.80. The predicted octanol–water partition coefficient (Wildman–Crippen LogP) is 3.41. The van der Waals surface area contributed by atoms with E-state index in [0.717, 1.165) is 17.2 Å². The summed E-state index contributed by atoms with van der Waals surface area (Å²) in [6.45, 7) is 2.25. The molecule has 4 rings (SSSR count). The summed E-state index contributed by atoms with van der Waals surface area (Å²) in [5, 5.41) is 11.1. The zero-order chi connectivity index (χ0) is 18.8. The Morgan fingerprint density at radius 2 is 1.96 bits per heavy atom. The van der Waals surface area contributed by atoms with E-state index in [2.05, 4.69) is 20.6 Å². The first-order valence-corrected chi connectivity index (χ1v) is 9.35. The number of rotatable bonds is 5. The van der Waals surface area contributed by atoms with E-state index in [1.807, 2.05) is 42.0 Å². The molecule has 0 saturated carbocycles. The van der Waals surface area contributed by atoms with Crippen LogP contribution in [0.3, 0.4) is 0 Å². The van der Waals surface area contributed by atoms with Crippen molar-refractivity contribution in [2.24, 2.45) is 0 Å². The van der Waals surface area contributed by atoms with Crippen molar-refractivity contribution in [3.63, 3.8) is 0 Å². The van der Waals surface area contributed by atoms with Gasteiger partial charge < -0.3 is 9.88 Å². The molecule has 0 unspecified atom stereocenters. The normalized spacial score (nSPS) is 10.9. The number of hydrogen-bond donors (Lipinski definition) is 1. The molecule has 1 N–H and O–H groups in total. The molecule has 27 heavy (non-hydrogen) atoms. The summed E-state index contributed by atoms with van der Waals surface area (Å²) in [6.07, 6.45) is 5.48. The van der Waals surface area contributed by atoms with Crippen LogP contribution in [0, 0.1) is 6.92 Å². The molecule has 4 aromatic rings. The number of benzene rings is 1. The summed E-state index contributed by atoms with van der Waals surface area (Å²) >= 11 is 7.09. The minimum absolute atomic E-state index is 0.179. The molecule has 0 fully saturated rings. The van der Waals surface area contributed by atoms with Gasteiger partial charge in [0, 0.05) is 18.1 Å². The van der Waals surface area contributed by atoms with Crippen molar-refractivity contribution in [2.45, 2.75) is 13.5 Å². The van der Waals surface area contributed by atoms with E-state index in [9.17, 15) is 4.79 Å². The van der Waals surface area contributed by atoms with Gasteiger partial charge in [0.2, 0.25) is 0 Å². The molecule has 9 heteroatoms. The monoisotopic (exact) mass is 398 g/mol. The van der Waals surface area contributed by atoms with E-state index >= 15 is 0 Å². The highest BCUT2D eigenvalue weighted by Crippen LogP contribution is 2.21. The number of aryl methyl sites for hydroxylation is 1. The van der Waals surface area contributed by atoms with Gasteiger partial charge in [0.05, 0.1) is 27.6 Å². The number of halogens is 1. The lowest BCUT2D eigenvalue weighted by Crippen LogP contribution is -2.21. The number of amides is 1. The molecule has 3 heterocycles. The molecule has 0 spiro atoms. The Hall–Kier alpha value is -2.97. The fraction of sp³-hybridized carbons (Fsp3) is 0.111. The standard InChI is InChI=1S/C18H15ClN6OS/c1-12-20-8-9-24(12)14-2-4-15(5-3-14)25-11-13(22-23-25)10-21-18(26)16-6-7-17(19)27-16/h2-9,11H,10H2,1H3,(H,21,26). The Kier molecular flexibility index (Phi) is 4.74. The van der Waals surface area contributed by atoms with E-state index in [-0.39, 0.29) is 5.91 Å². The Morgan fingerprint density at radius 1 is 1.19 bits per heavy atom. The summed E-state index contributed by atoms with van der Waals surface area (Å²) in [7, 11) is 0. The summed E-state index contributed by atoms with van der Waals surface area (Å²) in [5.41, 5.74) is 2.57. The quantitative estimate of drug-likeness (QED) is 0.558. The topological polar surface area (TPSA) is 77.6 Å². The molecule has 136 valence electrons. The van der Waals surface area contributed by atoms with Crippen LogP contribution in [0.15, 0.2) is 55.0 Å². The number of aromatic nitrogens is 5. The minimum atomic E-state index is -0.179. The third-order valence-corrected chi connectivity index (χ3v) is 5.22. The number of imidazole rings is 1. The van der Waals surface area contributed by atoms with Crippen LogP contribution in [0.2, 0.25) is 4.34 Å². The first-order chi connectivity index (χ1) is 13.1. The Labute approximate surface area is 164 Å². The lowest BCUT2D eigenvalue weighted by atomic mass is 10.2. The fourth-order valence-corrected chi connectivity index (χ4v) is 3.58. The maximum atomic E-state index is 12.1. The molecule has 0 radical (unpaired) electrons. The molecule has 1 aromatic carbocycles. The predicted molar refractivity (Wildman–Crippen MR) is 104 cm³/mol. The van der Waals surface area contributed by atoms with E-state index in [0.29, 0.717) is 21.5 Å². The summed E-state index contributed by atoms with van der Waals surface area (Å²) < 4.78 is 4.26. The van der Waals surface area contributed by atoms with Gasteiger partial charge in [-0.3, -0.25) is 4.79 Å². The van der Waals surface area contributed by atoms with E-state index < -0.39 is 0 Å². The lowest BCUT2D eigenvalue weighted by Gasteiger charge is -2.06. The van der Waals surface area contributed by atoms with Crippen molar-refractivity contribution in [3.05, 3.63) is 75.7 Å². The molecule has 7 nitrogen and oxygen atoms in total. The van der Waals surface area contributed by atoms with Crippen molar-refractivity contribution in [1.82, 2.24) is 29.9 Å². The number of carbonyl (C=O) groups excluding carboxylic acids is 1. The Balaban J connectivity index is 1.43. The first kappa shape index (κ1) is 17.4. The van der Waals surface area contributed by atoms with Crippen molar-refractivity contribution in [2.75, 3.05) is 0 Å². The van der Waals surface area contributed by atoms with Crippen molar-refractivity contribution in [1.29, 1.82) is 0 Å². The lowest BCUT2D eigenvalue weighted by molar-refractivity contribution is 0.0954. The number of nitrogens with zero attached hydrogens (tertiary/aromatic N) is 5. The highest BCUT2D eigenvalue weighted by Gasteiger charge is 2.10. The molecule has 0 aliphatic carbocycles. The van der Waals surface area contributed by atoms with Crippen LogP contribution < -0.4 is 5.32 Å². The largest absolute Gasteiger partial charge is 0.346 e. The molecule has 0 atom stereocenters. The van der Waals surface area contributed by atoms with Crippen LogP contribution in [0.4, 0.5) is 0 Å². The molecule has 3 aromatic heterocycles. The van der Waals surface area contributed by atoms with Crippen LogP contribution >= 0.6 is 22.9 Å². The van der Waals surface area contributed by atoms with Gasteiger partial charge in [-0.1, -0.05) is 16.8 Å². The van der Waals surface area contributed by atoms with Gasteiger partial charge in [-0.25, -0.2) is 9.67 Å². The second kappa shape index (κ2) is 7.34. The van der Waals surface area contributed by atoms with E-state index in [4.69, 9.17) is 11.6 Å². The summed E-state index contributed by atoms with van der Waals surface area (Å²) in [5.74, 6) is 0.745. The number of carbonyl (C=O) groups is 1. The third-order valence-electron chi connectivity index (χ3n) is 3.99. The summed E-state index contributed by atoms with van der Waals surface area (Å²) in [6, 6.07) is 11.3. The highest BCUT2D eigenvalue weighted by molar-refractivity contribution is 7.17. The van der Waals surface area contributed by atoms with Gasteiger partial charge in [0.1, 0.15) is 11.5 Å². The SMILES string of the molecule is Cc1nccn1-c1ccc(-n2cc(CNC(=O)c3ccc(Cl)s3)nn2)cc1. The van der Waals surface area contributed by atoms with Gasteiger partial charge in [0.15, 0.2) is 0 Å². The molecule has 0 aliphatic rings. The number of nitrogens with one attached hydrogen (secondary N) is 1. The first-order valence-electron chi connectivity index (χ1n) is 8.16. The average Bonchev–Trinajstić information content (AvgIpc) is 3.41. The molecule has 0 saturated heterocycles. The van der Waals surface area contributed by atoms with Gasteiger partial charge in [-0.05, 0) is 43.3 Å². The zero-order valence-corrected chi connectivity index (χ0v) is 15.9. The average molecular weight is 399 g/mol. The van der Waals surface area contributed by atoms with E-state index in [1.165, 1.54) is 11.3 Å². The minimum Gasteiger partial charge on any atom is -0.346 e. The number of thiophene rings is 1. The molecule has 0 aliphatic heterocycles. The molecule has 0 bridgehead atoms. The van der Waals surface area contributed by atoms with Crippen molar-refractivity contribution >= 4 is 28.8 Å². The van der Waals surface area contributed by atoms with Crippen LogP contribution in [0.1, 0.15) is 21.2 Å². The van der Waals surface area contributed by atoms with Gasteiger partial charge in [-0.2, -0.15) is 0 Å². The van der Waals surface area contributed by atoms with E-state index in [1.54, 1.807) is 29.2 Å². The maximum Gasteiger partial charge on any atom is 0.261 e. The third kappa shape index (κ3) is 3.76. The fourth-order valence-electron chi connectivity index (χ4n) is 2.62. The molecule has 1 amide bonds. The van der Waals surface area contributed by atoms with Crippen LogP contribution in [0.5, 0.6) is 0 Å². The van der Waals surface area contributed by atoms with Gasteiger partial charge in [-0.15, -0.1) is 16.4 Å². The second-order valence-corrected chi connectivity index (χ2v) is 7.52. The zero-order valence-electron chi connectivity index (χ0n) is 14.3. The number of hydrogen-bond acceptors (Lipinski definition) is 5. The van der Waals surface area contributed by atoms with Gasteiger partial charge in [0.25, 0.3) is 5.91 Å². The van der Waals surface area contributed by atoms with Crippen LogP contribution in [-0.2, 0) is 6.54 Å². The molecular formula is C18H15ClN6OS. The highest BCUT2D eigenvalue weighted by atomic mass is 35.5. The molecular weight excluding hydrogens is 384 g/mol. The van der Waals surface area contributed by atoms with Crippen molar-refractivity contribution < 1.29 is 4.79 Å².